The smallest absolute Gasteiger partial charge is 0.216 e. The number of hydrogen-bond acceptors (Lipinski definition) is 3. The van der Waals surface area contributed by atoms with Gasteiger partial charge in [0.15, 0.2) is 5.96 Å². The molecule has 0 fully saturated rings. The molecule has 0 unspecified atom stereocenters. The van der Waals surface area contributed by atoms with E-state index in [0.717, 1.165) is 24.7 Å². The molecule has 0 atom stereocenters. The second kappa shape index (κ2) is 11.0. The van der Waals surface area contributed by atoms with Crippen LogP contribution in [-0.4, -0.2) is 44.7 Å². The summed E-state index contributed by atoms with van der Waals surface area (Å²) in [5, 5.41) is 11.5. The molecular formula is C20H28N4O2. The fourth-order valence-corrected chi connectivity index (χ4v) is 2.46. The minimum absolute atomic E-state index is 0.0282. The van der Waals surface area contributed by atoms with Crippen molar-refractivity contribution < 1.29 is 9.53 Å². The van der Waals surface area contributed by atoms with Gasteiger partial charge in [-0.2, -0.15) is 0 Å². The third-order valence-electron chi connectivity index (χ3n) is 3.70. The topological polar surface area (TPSA) is 74.8 Å². The highest BCUT2D eigenvalue weighted by Gasteiger charge is 1.99. The van der Waals surface area contributed by atoms with Gasteiger partial charge in [0.25, 0.3) is 0 Å². The van der Waals surface area contributed by atoms with Crippen molar-refractivity contribution in [3.63, 3.8) is 0 Å². The molecule has 1 amide bonds. The summed E-state index contributed by atoms with van der Waals surface area (Å²) in [6, 6.07) is 14.4. The van der Waals surface area contributed by atoms with Gasteiger partial charge in [0.1, 0.15) is 5.75 Å². The van der Waals surface area contributed by atoms with Crippen molar-refractivity contribution >= 4 is 22.6 Å². The number of amides is 1. The van der Waals surface area contributed by atoms with Gasteiger partial charge < -0.3 is 20.7 Å². The molecule has 0 aliphatic carbocycles. The first-order valence-corrected chi connectivity index (χ1v) is 9.07. The highest BCUT2D eigenvalue weighted by Crippen LogP contribution is 2.20. The molecule has 2 rings (SSSR count). The number of carbonyl (C=O) groups is 1. The lowest BCUT2D eigenvalue weighted by Crippen LogP contribution is -2.41. The van der Waals surface area contributed by atoms with Crippen molar-refractivity contribution in [1.29, 1.82) is 0 Å². The molecule has 6 nitrogen and oxygen atoms in total. The van der Waals surface area contributed by atoms with Crippen LogP contribution in [-0.2, 0) is 4.79 Å². The highest BCUT2D eigenvalue weighted by molar-refractivity contribution is 5.83. The quantitative estimate of drug-likeness (QED) is 0.366. The average molecular weight is 356 g/mol. The number of guanidine groups is 1. The number of aliphatic imine (C=N–C) groups is 1. The summed E-state index contributed by atoms with van der Waals surface area (Å²) >= 11 is 0. The number of rotatable bonds is 9. The Morgan fingerprint density at radius 3 is 2.58 bits per heavy atom. The molecule has 2 aromatic rings. The van der Waals surface area contributed by atoms with E-state index in [2.05, 4.69) is 45.2 Å². The van der Waals surface area contributed by atoms with Crippen molar-refractivity contribution in [2.45, 2.75) is 20.3 Å². The summed E-state index contributed by atoms with van der Waals surface area (Å²) in [6.07, 6.45) is 0.828. The van der Waals surface area contributed by atoms with Crippen LogP contribution in [0.15, 0.2) is 47.5 Å². The minimum Gasteiger partial charge on any atom is -0.494 e. The normalized spacial score (nSPS) is 11.2. The molecule has 0 aromatic heterocycles. The standard InChI is InChI=1S/C20H28N4O2/c1-3-21-20(24-13-12-22-16(2)25)23-11-6-14-26-19-10-9-17-7-4-5-8-18(17)15-19/h4-5,7-10,15H,3,6,11-14H2,1-2H3,(H,22,25)(H2,21,23,24). The zero-order chi connectivity index (χ0) is 18.6. The number of nitrogens with zero attached hydrogens (tertiary/aromatic N) is 1. The number of carbonyl (C=O) groups excluding carboxylic acids is 1. The monoisotopic (exact) mass is 356 g/mol. The third-order valence-corrected chi connectivity index (χ3v) is 3.70. The summed E-state index contributed by atoms with van der Waals surface area (Å²) in [5.74, 6) is 1.61. The zero-order valence-electron chi connectivity index (χ0n) is 15.5. The molecule has 0 radical (unpaired) electrons. The Hall–Kier alpha value is -2.76. The molecule has 140 valence electrons. The summed E-state index contributed by atoms with van der Waals surface area (Å²) in [7, 11) is 0. The molecule has 0 saturated heterocycles. The largest absolute Gasteiger partial charge is 0.494 e. The first-order chi connectivity index (χ1) is 12.7. The van der Waals surface area contributed by atoms with Gasteiger partial charge in [-0.1, -0.05) is 30.3 Å². The molecule has 3 N–H and O–H groups in total. The molecule has 26 heavy (non-hydrogen) atoms. The van der Waals surface area contributed by atoms with Crippen LogP contribution < -0.4 is 20.7 Å². The average Bonchev–Trinajstić information content (AvgIpc) is 2.64. The molecule has 0 heterocycles. The lowest BCUT2D eigenvalue weighted by Gasteiger charge is -2.11. The van der Waals surface area contributed by atoms with Crippen LogP contribution in [0, 0.1) is 0 Å². The summed E-state index contributed by atoms with van der Waals surface area (Å²) in [4.78, 5) is 15.4. The Balaban J connectivity index is 1.71. The van der Waals surface area contributed by atoms with E-state index in [1.165, 1.54) is 17.7 Å². The first-order valence-electron chi connectivity index (χ1n) is 9.07. The van der Waals surface area contributed by atoms with Crippen molar-refractivity contribution in [3.05, 3.63) is 42.5 Å². The number of fused-ring (bicyclic) bond motifs is 1. The van der Waals surface area contributed by atoms with Crippen LogP contribution in [0.4, 0.5) is 0 Å². The number of ether oxygens (including phenoxy) is 1. The first kappa shape index (κ1) is 19.6. The van der Waals surface area contributed by atoms with Crippen molar-refractivity contribution in [1.82, 2.24) is 16.0 Å². The lowest BCUT2D eigenvalue weighted by atomic mass is 10.1. The fourth-order valence-electron chi connectivity index (χ4n) is 2.46. The van der Waals surface area contributed by atoms with Crippen molar-refractivity contribution in [2.75, 3.05) is 32.8 Å². The SMILES string of the molecule is CCNC(=NCCCOc1ccc2ccccc2c1)NCCNC(C)=O. The number of benzene rings is 2. The van der Waals surface area contributed by atoms with Crippen LogP contribution in [0.5, 0.6) is 5.75 Å². The Labute approximate surface area is 155 Å². The van der Waals surface area contributed by atoms with Gasteiger partial charge in [-0.15, -0.1) is 0 Å². The second-order valence-corrected chi connectivity index (χ2v) is 5.88. The lowest BCUT2D eigenvalue weighted by molar-refractivity contribution is -0.118. The maximum atomic E-state index is 10.8. The molecule has 6 heteroatoms. The Bertz CT molecular complexity index is 731. The molecular weight excluding hydrogens is 328 g/mol. The van der Waals surface area contributed by atoms with E-state index < -0.39 is 0 Å². The van der Waals surface area contributed by atoms with Crippen LogP contribution >= 0.6 is 0 Å². The summed E-state index contributed by atoms with van der Waals surface area (Å²) < 4.78 is 5.82. The molecule has 0 spiro atoms. The minimum atomic E-state index is -0.0282. The van der Waals surface area contributed by atoms with Crippen molar-refractivity contribution in [2.24, 2.45) is 4.99 Å². The molecule has 0 saturated carbocycles. The van der Waals surface area contributed by atoms with Crippen LogP contribution in [0.1, 0.15) is 20.3 Å². The van der Waals surface area contributed by atoms with Crippen LogP contribution in [0.3, 0.4) is 0 Å². The van der Waals surface area contributed by atoms with Crippen LogP contribution in [0.2, 0.25) is 0 Å². The fraction of sp³-hybridized carbons (Fsp3) is 0.400. The van der Waals surface area contributed by atoms with E-state index in [0.29, 0.717) is 26.2 Å². The molecule has 0 aliphatic rings. The van der Waals surface area contributed by atoms with E-state index in [1.807, 2.05) is 25.1 Å². The van der Waals surface area contributed by atoms with E-state index in [1.54, 1.807) is 0 Å². The maximum Gasteiger partial charge on any atom is 0.216 e. The third kappa shape index (κ3) is 7.01. The Morgan fingerprint density at radius 1 is 1.04 bits per heavy atom. The highest BCUT2D eigenvalue weighted by atomic mass is 16.5. The molecule has 0 aliphatic heterocycles. The van der Waals surface area contributed by atoms with E-state index in [4.69, 9.17) is 4.74 Å². The number of nitrogens with one attached hydrogen (secondary N) is 3. The molecule has 2 aromatic carbocycles. The number of hydrogen-bond donors (Lipinski definition) is 3. The predicted octanol–water partition coefficient (Wildman–Crippen LogP) is 2.30. The second-order valence-electron chi connectivity index (χ2n) is 5.88. The van der Waals surface area contributed by atoms with Gasteiger partial charge >= 0.3 is 0 Å². The maximum absolute atomic E-state index is 10.8. The van der Waals surface area contributed by atoms with Crippen molar-refractivity contribution in [3.8, 4) is 5.75 Å². The zero-order valence-corrected chi connectivity index (χ0v) is 15.5. The Morgan fingerprint density at radius 2 is 1.81 bits per heavy atom. The van der Waals surface area contributed by atoms with E-state index in [9.17, 15) is 4.79 Å². The summed E-state index contributed by atoms with van der Waals surface area (Å²) in [5.41, 5.74) is 0. The van der Waals surface area contributed by atoms with Gasteiger partial charge in [-0.05, 0) is 29.8 Å². The van der Waals surface area contributed by atoms with Gasteiger partial charge in [0.2, 0.25) is 5.91 Å². The Kier molecular flexibility index (Phi) is 8.26. The van der Waals surface area contributed by atoms with Gasteiger partial charge in [-0.25, -0.2) is 0 Å². The van der Waals surface area contributed by atoms with E-state index in [-0.39, 0.29) is 5.91 Å². The summed E-state index contributed by atoms with van der Waals surface area (Å²) in [6.45, 7) is 6.82. The molecule has 0 bridgehead atoms. The predicted molar refractivity (Wildman–Crippen MR) is 107 cm³/mol. The van der Waals surface area contributed by atoms with Crippen LogP contribution in [0.25, 0.3) is 10.8 Å². The van der Waals surface area contributed by atoms with E-state index >= 15 is 0 Å². The van der Waals surface area contributed by atoms with Gasteiger partial charge in [0.05, 0.1) is 6.61 Å². The van der Waals surface area contributed by atoms with Gasteiger partial charge in [0, 0.05) is 39.5 Å². The van der Waals surface area contributed by atoms with Gasteiger partial charge in [-0.3, -0.25) is 9.79 Å².